The number of fused-ring (bicyclic) bond motifs is 1. The molecule has 1 N–H and O–H groups in total. The number of carbonyl (C=O) groups is 1. The first-order valence-electron chi connectivity index (χ1n) is 9.66. The van der Waals surface area contributed by atoms with Crippen molar-refractivity contribution in [2.75, 3.05) is 13.6 Å². The van der Waals surface area contributed by atoms with E-state index in [9.17, 15) is 4.79 Å². The van der Waals surface area contributed by atoms with E-state index >= 15 is 0 Å². The van der Waals surface area contributed by atoms with Gasteiger partial charge in [0.15, 0.2) is 5.82 Å². The van der Waals surface area contributed by atoms with Crippen LogP contribution in [0.1, 0.15) is 32.9 Å². The van der Waals surface area contributed by atoms with E-state index < -0.39 is 0 Å². The predicted octanol–water partition coefficient (Wildman–Crippen LogP) is 4.46. The zero-order valence-corrected chi connectivity index (χ0v) is 17.1. The molecule has 0 atom stereocenters. The van der Waals surface area contributed by atoms with Crippen molar-refractivity contribution < 1.29 is 9.32 Å². The Morgan fingerprint density at radius 3 is 2.66 bits per heavy atom. The Bertz CT molecular complexity index is 1190. The molecule has 0 saturated carbocycles. The third-order valence-electron chi connectivity index (χ3n) is 5.12. The second-order valence-electron chi connectivity index (χ2n) is 7.58. The number of rotatable bonds is 5. The maximum absolute atomic E-state index is 12.7. The summed E-state index contributed by atoms with van der Waals surface area (Å²) in [7, 11) is 1.80. The van der Waals surface area contributed by atoms with Crippen LogP contribution in [0.25, 0.3) is 22.5 Å². The highest BCUT2D eigenvalue weighted by molar-refractivity contribution is 5.95. The Hall–Kier alpha value is -3.41. The van der Waals surface area contributed by atoms with Gasteiger partial charge >= 0.3 is 0 Å². The van der Waals surface area contributed by atoms with Crippen LogP contribution in [0.4, 0.5) is 0 Å². The highest BCUT2D eigenvalue weighted by atomic mass is 16.5. The Balaban J connectivity index is 1.44. The first-order valence-corrected chi connectivity index (χ1v) is 9.66. The minimum absolute atomic E-state index is 0.000839. The second-order valence-corrected chi connectivity index (χ2v) is 7.58. The topological polar surface area (TPSA) is 75.0 Å². The number of hydrogen-bond acceptors (Lipinski definition) is 4. The van der Waals surface area contributed by atoms with Crippen molar-refractivity contribution >= 4 is 16.8 Å². The average molecular weight is 388 g/mol. The van der Waals surface area contributed by atoms with Crippen molar-refractivity contribution in [2.24, 2.45) is 0 Å². The van der Waals surface area contributed by atoms with Crippen LogP contribution >= 0.6 is 0 Å². The Morgan fingerprint density at radius 1 is 1.07 bits per heavy atom. The lowest BCUT2D eigenvalue weighted by Crippen LogP contribution is -2.29. The first kappa shape index (κ1) is 18.9. The number of amides is 1. The van der Waals surface area contributed by atoms with Gasteiger partial charge in [-0.3, -0.25) is 4.79 Å². The molecule has 0 unspecified atom stereocenters. The molecule has 0 spiro atoms. The molecule has 29 heavy (non-hydrogen) atoms. The van der Waals surface area contributed by atoms with Crippen LogP contribution < -0.4 is 0 Å². The lowest BCUT2D eigenvalue weighted by atomic mass is 10.0. The SMILES string of the molecule is Cc1ccc(C)c(C(=O)N(C)CCc2noc(-c3cc4cc(C)ccc4[nH]3)n2)c1. The number of aromatic nitrogens is 3. The molecule has 4 rings (SSSR count). The fraction of sp³-hybridized carbons (Fsp3) is 0.261. The number of aryl methyl sites for hydroxylation is 3. The van der Waals surface area contributed by atoms with Gasteiger partial charge in [-0.25, -0.2) is 0 Å². The fourth-order valence-corrected chi connectivity index (χ4v) is 3.37. The molecule has 148 valence electrons. The molecule has 6 nitrogen and oxygen atoms in total. The normalized spacial score (nSPS) is 11.2. The van der Waals surface area contributed by atoms with Gasteiger partial charge in [-0.2, -0.15) is 4.98 Å². The lowest BCUT2D eigenvalue weighted by molar-refractivity contribution is 0.0795. The zero-order valence-electron chi connectivity index (χ0n) is 17.1. The quantitative estimate of drug-likeness (QED) is 0.548. The molecule has 4 aromatic rings. The number of carbonyl (C=O) groups excluding carboxylic acids is 1. The number of benzene rings is 2. The second kappa shape index (κ2) is 7.54. The maximum Gasteiger partial charge on any atom is 0.274 e. The van der Waals surface area contributed by atoms with Crippen LogP contribution in [-0.4, -0.2) is 39.5 Å². The standard InChI is InChI=1S/C23H24N4O2/c1-14-6-8-19-17(11-14)13-20(24-19)22-25-21(26-29-22)9-10-27(4)23(28)18-12-15(2)5-7-16(18)3/h5-8,11-13,24H,9-10H2,1-4H3. The van der Waals surface area contributed by atoms with Crippen molar-refractivity contribution in [2.45, 2.75) is 27.2 Å². The summed E-state index contributed by atoms with van der Waals surface area (Å²) in [4.78, 5) is 22.2. The van der Waals surface area contributed by atoms with E-state index in [1.165, 1.54) is 5.56 Å². The van der Waals surface area contributed by atoms with Gasteiger partial charge in [0.2, 0.25) is 0 Å². The fourth-order valence-electron chi connectivity index (χ4n) is 3.37. The van der Waals surface area contributed by atoms with E-state index in [0.29, 0.717) is 24.7 Å². The van der Waals surface area contributed by atoms with Crippen molar-refractivity contribution in [3.05, 3.63) is 70.5 Å². The number of likely N-dealkylation sites (N-methyl/N-ethyl adjacent to an activating group) is 1. The molecule has 1 amide bonds. The van der Waals surface area contributed by atoms with Gasteiger partial charge in [0, 0.05) is 36.5 Å². The van der Waals surface area contributed by atoms with Crippen LogP contribution in [0, 0.1) is 20.8 Å². The van der Waals surface area contributed by atoms with Crippen LogP contribution in [0.2, 0.25) is 0 Å². The van der Waals surface area contributed by atoms with Crippen LogP contribution in [0.3, 0.4) is 0 Å². The van der Waals surface area contributed by atoms with Crippen molar-refractivity contribution in [1.29, 1.82) is 0 Å². The van der Waals surface area contributed by atoms with E-state index in [-0.39, 0.29) is 5.91 Å². The molecule has 0 saturated heterocycles. The third-order valence-corrected chi connectivity index (χ3v) is 5.12. The van der Waals surface area contributed by atoms with Gasteiger partial charge < -0.3 is 14.4 Å². The van der Waals surface area contributed by atoms with Gasteiger partial charge in [0.25, 0.3) is 11.8 Å². The minimum Gasteiger partial charge on any atom is -0.351 e. The van der Waals surface area contributed by atoms with Crippen LogP contribution in [0.5, 0.6) is 0 Å². The van der Waals surface area contributed by atoms with E-state index in [1.54, 1.807) is 11.9 Å². The van der Waals surface area contributed by atoms with Crippen molar-refractivity contribution in [1.82, 2.24) is 20.0 Å². The Labute approximate surface area is 169 Å². The van der Waals surface area contributed by atoms with Crippen LogP contribution in [-0.2, 0) is 6.42 Å². The number of H-pyrrole nitrogens is 1. The smallest absolute Gasteiger partial charge is 0.274 e. The van der Waals surface area contributed by atoms with Gasteiger partial charge in [0.1, 0.15) is 5.69 Å². The third kappa shape index (κ3) is 3.92. The van der Waals surface area contributed by atoms with Gasteiger partial charge in [0.05, 0.1) is 0 Å². The molecular weight excluding hydrogens is 364 g/mol. The molecule has 0 bridgehead atoms. The summed E-state index contributed by atoms with van der Waals surface area (Å²) in [5.74, 6) is 1.04. The molecule has 0 fully saturated rings. The first-order chi connectivity index (χ1) is 13.9. The zero-order chi connectivity index (χ0) is 20.5. The summed E-state index contributed by atoms with van der Waals surface area (Å²) in [5, 5.41) is 5.18. The molecule has 0 aliphatic carbocycles. The van der Waals surface area contributed by atoms with Crippen molar-refractivity contribution in [3.8, 4) is 11.6 Å². The summed E-state index contributed by atoms with van der Waals surface area (Å²) in [6, 6.07) is 14.1. The molecule has 0 aliphatic heterocycles. The molecule has 2 heterocycles. The molecule has 0 radical (unpaired) electrons. The van der Waals surface area contributed by atoms with E-state index in [1.807, 2.05) is 44.2 Å². The van der Waals surface area contributed by atoms with E-state index in [2.05, 4.69) is 34.2 Å². The number of hydrogen-bond donors (Lipinski definition) is 1. The minimum atomic E-state index is 0.000839. The summed E-state index contributed by atoms with van der Waals surface area (Å²) in [6.45, 7) is 6.51. The Kier molecular flexibility index (Phi) is 4.92. The van der Waals surface area contributed by atoms with Gasteiger partial charge in [-0.15, -0.1) is 0 Å². The summed E-state index contributed by atoms with van der Waals surface area (Å²) in [5.41, 5.74) is 5.81. The van der Waals surface area contributed by atoms with E-state index in [0.717, 1.165) is 33.3 Å². The number of nitrogens with zero attached hydrogens (tertiary/aromatic N) is 3. The van der Waals surface area contributed by atoms with Gasteiger partial charge in [-0.1, -0.05) is 34.5 Å². The summed E-state index contributed by atoms with van der Waals surface area (Å²) < 4.78 is 5.43. The monoisotopic (exact) mass is 388 g/mol. The van der Waals surface area contributed by atoms with Crippen molar-refractivity contribution in [3.63, 3.8) is 0 Å². The molecule has 0 aliphatic rings. The lowest BCUT2D eigenvalue weighted by Gasteiger charge is -2.17. The average Bonchev–Trinajstić information content (AvgIpc) is 3.33. The largest absolute Gasteiger partial charge is 0.351 e. The van der Waals surface area contributed by atoms with Gasteiger partial charge in [-0.05, 0) is 50.6 Å². The maximum atomic E-state index is 12.7. The molecular formula is C23H24N4O2. The number of aromatic amines is 1. The molecule has 6 heteroatoms. The summed E-state index contributed by atoms with van der Waals surface area (Å²) >= 11 is 0. The molecule has 2 aromatic carbocycles. The number of nitrogens with one attached hydrogen (secondary N) is 1. The Morgan fingerprint density at radius 2 is 1.83 bits per heavy atom. The summed E-state index contributed by atoms with van der Waals surface area (Å²) in [6.07, 6.45) is 0.524. The highest BCUT2D eigenvalue weighted by Crippen LogP contribution is 2.23. The van der Waals surface area contributed by atoms with Crippen LogP contribution in [0.15, 0.2) is 47.0 Å². The van der Waals surface area contributed by atoms with E-state index in [4.69, 9.17) is 4.52 Å². The molecule has 2 aromatic heterocycles. The predicted molar refractivity (Wildman–Crippen MR) is 113 cm³/mol. The highest BCUT2D eigenvalue weighted by Gasteiger charge is 2.16.